The Morgan fingerprint density at radius 1 is 1.25 bits per heavy atom. The van der Waals surface area contributed by atoms with Crippen LogP contribution in [0.4, 0.5) is 0 Å². The zero-order chi connectivity index (χ0) is 17.4. The highest BCUT2D eigenvalue weighted by Crippen LogP contribution is 2.38. The van der Waals surface area contributed by atoms with E-state index in [9.17, 15) is 18.0 Å². The third-order valence-electron chi connectivity index (χ3n) is 4.79. The van der Waals surface area contributed by atoms with Crippen molar-refractivity contribution in [1.29, 1.82) is 0 Å². The molecule has 2 aliphatic heterocycles. The summed E-state index contributed by atoms with van der Waals surface area (Å²) in [5, 5.41) is 11.8. The summed E-state index contributed by atoms with van der Waals surface area (Å²) in [5.74, 6) is -0.654. The molecular formula is C16H20N2O5S. The van der Waals surface area contributed by atoms with Crippen molar-refractivity contribution in [1.82, 2.24) is 9.62 Å². The Labute approximate surface area is 140 Å². The van der Waals surface area contributed by atoms with Crippen LogP contribution in [0.5, 0.6) is 0 Å². The average Bonchev–Trinajstić information content (AvgIpc) is 2.87. The number of ketones is 1. The zero-order valence-corrected chi connectivity index (χ0v) is 14.0. The van der Waals surface area contributed by atoms with Crippen molar-refractivity contribution in [2.24, 2.45) is 5.41 Å². The zero-order valence-electron chi connectivity index (χ0n) is 13.1. The van der Waals surface area contributed by atoms with Crippen molar-refractivity contribution in [2.45, 2.75) is 30.2 Å². The number of sulfonamides is 1. The number of nitrogens with one attached hydrogen (secondary N) is 1. The van der Waals surface area contributed by atoms with Gasteiger partial charge in [0.05, 0.1) is 4.90 Å². The Kier molecular flexibility index (Phi) is 4.46. The van der Waals surface area contributed by atoms with Crippen molar-refractivity contribution >= 4 is 21.7 Å². The fourth-order valence-corrected chi connectivity index (χ4v) is 5.00. The predicted octanol–water partition coefficient (Wildman–Crippen LogP) is -0.0926. The molecule has 0 aromatic heterocycles. The third kappa shape index (κ3) is 2.74. The molecule has 1 aromatic rings. The van der Waals surface area contributed by atoms with Crippen LogP contribution >= 0.6 is 0 Å². The molecule has 1 spiro atoms. The summed E-state index contributed by atoms with van der Waals surface area (Å²) in [7, 11) is -3.75. The number of piperidine rings is 1. The van der Waals surface area contributed by atoms with E-state index in [0.29, 0.717) is 6.42 Å². The molecule has 24 heavy (non-hydrogen) atoms. The van der Waals surface area contributed by atoms with Gasteiger partial charge in [0.25, 0.3) is 0 Å². The Balaban J connectivity index is 1.89. The van der Waals surface area contributed by atoms with Crippen molar-refractivity contribution in [3.05, 3.63) is 30.3 Å². The lowest BCUT2D eigenvalue weighted by molar-refractivity contribution is -0.142. The molecule has 2 N–H and O–H groups in total. The van der Waals surface area contributed by atoms with Gasteiger partial charge in [0.2, 0.25) is 15.9 Å². The van der Waals surface area contributed by atoms with Crippen molar-refractivity contribution < 1.29 is 23.1 Å². The molecule has 2 fully saturated rings. The number of rotatable bonds is 4. The van der Waals surface area contributed by atoms with Gasteiger partial charge in [-0.05, 0) is 25.0 Å². The minimum atomic E-state index is -3.75. The van der Waals surface area contributed by atoms with Crippen LogP contribution in [0.25, 0.3) is 0 Å². The quantitative estimate of drug-likeness (QED) is 0.737. The molecule has 0 aliphatic carbocycles. The first-order valence-electron chi connectivity index (χ1n) is 7.90. The Bertz CT molecular complexity index is 749. The van der Waals surface area contributed by atoms with Crippen LogP contribution in [0.15, 0.2) is 35.2 Å². The van der Waals surface area contributed by atoms with Gasteiger partial charge in [0.1, 0.15) is 5.41 Å². The third-order valence-corrected chi connectivity index (χ3v) is 6.65. The number of carbonyl (C=O) groups excluding carboxylic acids is 2. The SMILES string of the molecule is O=C1CCN(S(=O)(=O)c2ccccc2)C[C@@]12C[C@@H](CCO)NC2=O. The number of Topliss-reactive ketones (excluding diaryl/α,β-unsaturated/α-hetero) is 1. The summed E-state index contributed by atoms with van der Waals surface area (Å²) in [6, 6.07) is 7.70. The highest BCUT2D eigenvalue weighted by atomic mass is 32.2. The van der Waals surface area contributed by atoms with Crippen LogP contribution in [0.2, 0.25) is 0 Å². The van der Waals surface area contributed by atoms with Gasteiger partial charge < -0.3 is 10.4 Å². The van der Waals surface area contributed by atoms with Gasteiger partial charge in [-0.25, -0.2) is 8.42 Å². The number of hydrogen-bond donors (Lipinski definition) is 2. The topological polar surface area (TPSA) is 104 Å². The molecule has 0 radical (unpaired) electrons. The van der Waals surface area contributed by atoms with E-state index in [-0.39, 0.29) is 49.3 Å². The van der Waals surface area contributed by atoms with Crippen LogP contribution in [0.3, 0.4) is 0 Å². The molecule has 7 nitrogen and oxygen atoms in total. The smallest absolute Gasteiger partial charge is 0.243 e. The molecule has 2 aliphatic rings. The molecule has 2 atom stereocenters. The fourth-order valence-electron chi connectivity index (χ4n) is 3.48. The Morgan fingerprint density at radius 2 is 1.96 bits per heavy atom. The van der Waals surface area contributed by atoms with E-state index < -0.39 is 21.3 Å². The molecular weight excluding hydrogens is 332 g/mol. The van der Waals surface area contributed by atoms with E-state index in [4.69, 9.17) is 5.11 Å². The lowest BCUT2D eigenvalue weighted by Gasteiger charge is -2.36. The molecule has 2 heterocycles. The van der Waals surface area contributed by atoms with Gasteiger partial charge in [-0.1, -0.05) is 18.2 Å². The second-order valence-corrected chi connectivity index (χ2v) is 8.23. The van der Waals surface area contributed by atoms with Gasteiger partial charge in [0, 0.05) is 32.2 Å². The lowest BCUT2D eigenvalue weighted by atomic mass is 9.76. The summed E-state index contributed by atoms with van der Waals surface area (Å²) in [6.45, 7) is -0.159. The van der Waals surface area contributed by atoms with Crippen LogP contribution in [-0.2, 0) is 19.6 Å². The Hall–Kier alpha value is -1.77. The van der Waals surface area contributed by atoms with Gasteiger partial charge in [0.15, 0.2) is 5.78 Å². The second-order valence-electron chi connectivity index (χ2n) is 6.29. The number of carbonyl (C=O) groups is 2. The molecule has 8 heteroatoms. The first kappa shape index (κ1) is 17.1. The first-order chi connectivity index (χ1) is 11.4. The molecule has 3 rings (SSSR count). The monoisotopic (exact) mass is 352 g/mol. The predicted molar refractivity (Wildman–Crippen MR) is 85.5 cm³/mol. The lowest BCUT2D eigenvalue weighted by Crippen LogP contribution is -2.54. The Morgan fingerprint density at radius 3 is 2.62 bits per heavy atom. The van der Waals surface area contributed by atoms with Crippen LogP contribution in [0.1, 0.15) is 19.3 Å². The molecule has 1 aromatic carbocycles. The minimum absolute atomic E-state index is 0.0192. The fraction of sp³-hybridized carbons (Fsp3) is 0.500. The number of amides is 1. The van der Waals surface area contributed by atoms with Gasteiger partial charge in [-0.3, -0.25) is 9.59 Å². The standard InChI is InChI=1S/C16H20N2O5S/c19-9-7-12-10-16(15(21)17-12)11-18(8-6-14(16)20)24(22,23)13-4-2-1-3-5-13/h1-5,12,19H,6-11H2,(H,17,21)/t12-,16+/m1/s1. The molecule has 130 valence electrons. The van der Waals surface area contributed by atoms with Gasteiger partial charge >= 0.3 is 0 Å². The van der Waals surface area contributed by atoms with E-state index in [1.54, 1.807) is 18.2 Å². The highest BCUT2D eigenvalue weighted by Gasteiger charge is 2.56. The normalized spacial score (nSPS) is 28.3. The van der Waals surface area contributed by atoms with E-state index >= 15 is 0 Å². The van der Waals surface area contributed by atoms with E-state index in [0.717, 1.165) is 0 Å². The van der Waals surface area contributed by atoms with Gasteiger partial charge in [-0.2, -0.15) is 4.31 Å². The minimum Gasteiger partial charge on any atom is -0.396 e. The molecule has 0 unspecified atom stereocenters. The number of aliphatic hydroxyl groups is 1. The van der Waals surface area contributed by atoms with Crippen molar-refractivity contribution in [2.75, 3.05) is 19.7 Å². The number of aliphatic hydroxyl groups excluding tert-OH is 1. The summed E-state index contributed by atoms with van der Waals surface area (Å²) in [6.07, 6.45) is 0.601. The highest BCUT2D eigenvalue weighted by molar-refractivity contribution is 7.89. The van der Waals surface area contributed by atoms with E-state index in [1.165, 1.54) is 16.4 Å². The van der Waals surface area contributed by atoms with Crippen LogP contribution in [0, 0.1) is 5.41 Å². The van der Waals surface area contributed by atoms with Crippen LogP contribution < -0.4 is 5.32 Å². The number of benzene rings is 1. The molecule has 0 bridgehead atoms. The summed E-state index contributed by atoms with van der Waals surface area (Å²) in [5.41, 5.74) is -1.33. The van der Waals surface area contributed by atoms with Crippen molar-refractivity contribution in [3.63, 3.8) is 0 Å². The van der Waals surface area contributed by atoms with E-state index in [1.807, 2.05) is 0 Å². The summed E-state index contributed by atoms with van der Waals surface area (Å²) >= 11 is 0. The van der Waals surface area contributed by atoms with Crippen molar-refractivity contribution in [3.8, 4) is 0 Å². The molecule has 0 saturated carbocycles. The summed E-state index contributed by atoms with van der Waals surface area (Å²) in [4.78, 5) is 25.0. The second kappa shape index (κ2) is 6.27. The maximum Gasteiger partial charge on any atom is 0.243 e. The van der Waals surface area contributed by atoms with Crippen LogP contribution in [-0.4, -0.2) is 55.3 Å². The maximum absolute atomic E-state index is 12.8. The molecule has 2 saturated heterocycles. The molecule has 1 amide bonds. The maximum atomic E-state index is 12.8. The van der Waals surface area contributed by atoms with E-state index in [2.05, 4.69) is 5.32 Å². The van der Waals surface area contributed by atoms with Gasteiger partial charge in [-0.15, -0.1) is 0 Å². The average molecular weight is 352 g/mol. The summed E-state index contributed by atoms with van der Waals surface area (Å²) < 4.78 is 26.8. The largest absolute Gasteiger partial charge is 0.396 e. The number of hydrogen-bond acceptors (Lipinski definition) is 5. The first-order valence-corrected chi connectivity index (χ1v) is 9.34. The number of nitrogens with zero attached hydrogens (tertiary/aromatic N) is 1.